The molecule has 0 aliphatic rings. The third-order valence-electron chi connectivity index (χ3n) is 5.77. The molecule has 3 rings (SSSR count). The second kappa shape index (κ2) is 10.9. The Kier molecular flexibility index (Phi) is 8.23. The van der Waals surface area contributed by atoms with Crippen LogP contribution in [0.4, 0.5) is 17.6 Å². The van der Waals surface area contributed by atoms with Crippen molar-refractivity contribution in [1.82, 2.24) is 10.3 Å². The molecule has 12 heteroatoms. The quantitative estimate of drug-likeness (QED) is 0.412. The van der Waals surface area contributed by atoms with Gasteiger partial charge in [-0.15, -0.1) is 0 Å². The predicted molar refractivity (Wildman–Crippen MR) is 130 cm³/mol. The van der Waals surface area contributed by atoms with Gasteiger partial charge in [0.1, 0.15) is 22.6 Å². The number of methoxy groups -OCH3 is 1. The zero-order valence-corrected chi connectivity index (χ0v) is 21.0. The first-order valence-electron chi connectivity index (χ1n) is 11.0. The molecule has 0 radical (unpaired) electrons. The number of pyridine rings is 1. The van der Waals surface area contributed by atoms with E-state index in [9.17, 15) is 30.8 Å². The minimum atomic E-state index is -4.66. The maximum Gasteiger partial charge on any atom is 0.433 e. The molecule has 0 spiro atoms. The van der Waals surface area contributed by atoms with Crippen molar-refractivity contribution in [1.29, 1.82) is 0 Å². The van der Waals surface area contributed by atoms with Gasteiger partial charge in [-0.1, -0.05) is 18.2 Å². The monoisotopic (exact) mass is 539 g/mol. The highest BCUT2D eigenvalue weighted by Gasteiger charge is 2.33. The number of nitrogens with two attached hydrogens (primary N) is 1. The number of aromatic nitrogens is 1. The molecular formula is C25H25F4N3O4S. The van der Waals surface area contributed by atoms with E-state index in [0.29, 0.717) is 16.9 Å². The van der Waals surface area contributed by atoms with Crippen LogP contribution in [0.25, 0.3) is 11.3 Å². The lowest BCUT2D eigenvalue weighted by atomic mass is 9.98. The van der Waals surface area contributed by atoms with E-state index in [0.717, 1.165) is 18.4 Å². The summed E-state index contributed by atoms with van der Waals surface area (Å²) >= 11 is 0. The molecule has 1 aromatic heterocycles. The Morgan fingerprint density at radius 2 is 1.76 bits per heavy atom. The van der Waals surface area contributed by atoms with Crippen molar-refractivity contribution in [2.75, 3.05) is 13.4 Å². The molecule has 37 heavy (non-hydrogen) atoms. The maximum atomic E-state index is 14.5. The van der Waals surface area contributed by atoms with Gasteiger partial charge in [-0.25, -0.2) is 17.8 Å². The minimum absolute atomic E-state index is 0.0376. The number of carbonyl (C=O) groups excluding carboxylic acids is 1. The van der Waals surface area contributed by atoms with Crippen molar-refractivity contribution >= 4 is 15.7 Å². The molecule has 0 bridgehead atoms. The Labute approximate surface area is 211 Å². The molecule has 0 aliphatic heterocycles. The van der Waals surface area contributed by atoms with Gasteiger partial charge in [-0.3, -0.25) is 4.79 Å². The van der Waals surface area contributed by atoms with Crippen molar-refractivity contribution in [3.63, 3.8) is 0 Å². The smallest absolute Gasteiger partial charge is 0.433 e. The summed E-state index contributed by atoms with van der Waals surface area (Å²) in [6.07, 6.45) is -3.77. The molecule has 0 saturated carbocycles. The van der Waals surface area contributed by atoms with Crippen LogP contribution in [0.15, 0.2) is 54.6 Å². The summed E-state index contributed by atoms with van der Waals surface area (Å²) in [5, 5.41) is 1.09. The predicted octanol–water partition coefficient (Wildman–Crippen LogP) is 4.34. The molecule has 3 N–H and O–H groups in total. The summed E-state index contributed by atoms with van der Waals surface area (Å²) in [6, 6.07) is 12.0. The minimum Gasteiger partial charge on any atom is -0.497 e. The molecular weight excluding hydrogens is 514 g/mol. The third kappa shape index (κ3) is 6.63. The molecule has 2 atom stereocenters. The zero-order chi connectivity index (χ0) is 27.5. The zero-order valence-electron chi connectivity index (χ0n) is 20.1. The molecule has 1 heterocycles. The van der Waals surface area contributed by atoms with Gasteiger partial charge in [0.25, 0.3) is 0 Å². The number of nitrogens with one attached hydrogen (secondary N) is 1. The van der Waals surface area contributed by atoms with Crippen molar-refractivity contribution in [3.05, 3.63) is 82.8 Å². The molecule has 198 valence electrons. The summed E-state index contributed by atoms with van der Waals surface area (Å²) in [5.41, 5.74) is 5.32. The van der Waals surface area contributed by atoms with Crippen LogP contribution in [0.1, 0.15) is 40.6 Å². The number of sulfone groups is 1. The second-order valence-corrected chi connectivity index (χ2v) is 10.6. The topological polar surface area (TPSA) is 111 Å². The fourth-order valence-electron chi connectivity index (χ4n) is 3.55. The summed E-state index contributed by atoms with van der Waals surface area (Å²) < 4.78 is 82.8. The maximum absolute atomic E-state index is 14.5. The summed E-state index contributed by atoms with van der Waals surface area (Å²) in [5.74, 6) is -1.75. The van der Waals surface area contributed by atoms with Crippen LogP contribution in [-0.2, 0) is 27.4 Å². The molecule has 2 aromatic carbocycles. The average Bonchev–Trinajstić information content (AvgIpc) is 2.85. The number of ether oxygens (including phenoxy) is 1. The Balaban J connectivity index is 1.83. The largest absolute Gasteiger partial charge is 0.497 e. The highest BCUT2D eigenvalue weighted by Crippen LogP contribution is 2.32. The van der Waals surface area contributed by atoms with E-state index in [1.807, 2.05) is 0 Å². The van der Waals surface area contributed by atoms with Gasteiger partial charge in [0, 0.05) is 23.9 Å². The number of rotatable bonds is 8. The van der Waals surface area contributed by atoms with Gasteiger partial charge in [0.15, 0.2) is 9.84 Å². The van der Waals surface area contributed by atoms with Crippen molar-refractivity contribution < 1.29 is 35.5 Å². The number of alkyl halides is 3. The van der Waals surface area contributed by atoms with Gasteiger partial charge in [-0.05, 0) is 54.4 Å². The van der Waals surface area contributed by atoms with E-state index in [2.05, 4.69) is 10.3 Å². The van der Waals surface area contributed by atoms with Crippen LogP contribution < -0.4 is 15.8 Å². The molecule has 0 fully saturated rings. The fourth-order valence-corrected chi connectivity index (χ4v) is 4.20. The Morgan fingerprint density at radius 1 is 1.11 bits per heavy atom. The number of carbonyl (C=O) groups is 1. The Hall–Kier alpha value is -3.51. The number of halogens is 4. The third-order valence-corrected chi connectivity index (χ3v) is 6.95. The number of benzene rings is 2. The summed E-state index contributed by atoms with van der Waals surface area (Å²) in [4.78, 5) is 16.6. The Morgan fingerprint density at radius 3 is 2.30 bits per heavy atom. The van der Waals surface area contributed by atoms with E-state index in [1.54, 1.807) is 24.3 Å². The highest BCUT2D eigenvalue weighted by molar-refractivity contribution is 7.90. The SMILES string of the molecule is COc1ccc(-c2nc(C(F)(F)F)ccc2CNC(=O)C(C)c2ccc(C(N)S(C)(=O)=O)c(F)c2)cc1. The van der Waals surface area contributed by atoms with Gasteiger partial charge in [0.05, 0.1) is 18.7 Å². The Bertz CT molecular complexity index is 1390. The normalized spacial score (nSPS) is 13.6. The lowest BCUT2D eigenvalue weighted by Gasteiger charge is -2.17. The highest BCUT2D eigenvalue weighted by atomic mass is 32.2. The average molecular weight is 540 g/mol. The van der Waals surface area contributed by atoms with Gasteiger partial charge < -0.3 is 15.8 Å². The first-order valence-corrected chi connectivity index (χ1v) is 12.9. The lowest BCUT2D eigenvalue weighted by molar-refractivity contribution is -0.141. The number of amides is 1. The van der Waals surface area contributed by atoms with E-state index in [-0.39, 0.29) is 23.4 Å². The van der Waals surface area contributed by atoms with Gasteiger partial charge in [-0.2, -0.15) is 13.2 Å². The first kappa shape index (κ1) is 28.1. The molecule has 3 aromatic rings. The van der Waals surface area contributed by atoms with Crippen LogP contribution in [0.2, 0.25) is 0 Å². The molecule has 1 amide bonds. The van der Waals surface area contributed by atoms with Crippen molar-refractivity contribution in [2.45, 2.75) is 30.9 Å². The standard InChI is InChI=1S/C25H25F4N3O4S/c1-14(16-6-10-19(20(26)12-16)23(30)37(3,34)35)24(33)31-13-17-7-11-21(25(27,28)29)32-22(17)15-4-8-18(36-2)9-5-15/h4-12,14,23H,13,30H2,1-3H3,(H,31,33). The van der Waals surface area contributed by atoms with Crippen LogP contribution in [-0.4, -0.2) is 32.7 Å². The number of hydrogen-bond acceptors (Lipinski definition) is 6. The van der Waals surface area contributed by atoms with Gasteiger partial charge >= 0.3 is 6.18 Å². The number of hydrogen-bond donors (Lipinski definition) is 2. The van der Waals surface area contributed by atoms with Crippen molar-refractivity contribution in [3.8, 4) is 17.0 Å². The van der Waals surface area contributed by atoms with Gasteiger partial charge in [0.2, 0.25) is 5.91 Å². The van der Waals surface area contributed by atoms with Crippen LogP contribution in [0.5, 0.6) is 5.75 Å². The molecule has 7 nitrogen and oxygen atoms in total. The number of nitrogens with zero attached hydrogens (tertiary/aromatic N) is 1. The summed E-state index contributed by atoms with van der Waals surface area (Å²) in [7, 11) is -2.28. The van der Waals surface area contributed by atoms with E-state index >= 15 is 0 Å². The molecule has 0 saturated heterocycles. The molecule has 0 aliphatic carbocycles. The van der Waals surface area contributed by atoms with Crippen molar-refractivity contribution in [2.24, 2.45) is 5.73 Å². The second-order valence-electron chi connectivity index (χ2n) is 8.40. The van der Waals surface area contributed by atoms with Crippen LogP contribution in [0, 0.1) is 5.82 Å². The molecule has 2 unspecified atom stereocenters. The van der Waals surface area contributed by atoms with Crippen LogP contribution >= 0.6 is 0 Å². The van der Waals surface area contributed by atoms with E-state index < -0.39 is 44.7 Å². The van der Waals surface area contributed by atoms with E-state index in [4.69, 9.17) is 10.5 Å². The van der Waals surface area contributed by atoms with E-state index in [1.165, 1.54) is 32.2 Å². The lowest BCUT2D eigenvalue weighted by Crippen LogP contribution is -2.28. The van der Waals surface area contributed by atoms with Crippen LogP contribution in [0.3, 0.4) is 0 Å². The summed E-state index contributed by atoms with van der Waals surface area (Å²) in [6.45, 7) is 1.37. The fraction of sp³-hybridized carbons (Fsp3) is 0.280. The first-order chi connectivity index (χ1) is 17.2.